The van der Waals surface area contributed by atoms with E-state index >= 15 is 0 Å². The van der Waals surface area contributed by atoms with Crippen LogP contribution >= 0.6 is 0 Å². The van der Waals surface area contributed by atoms with E-state index in [-0.39, 0.29) is 11.6 Å². The Morgan fingerprint density at radius 3 is 2.42 bits per heavy atom. The second-order valence-corrected chi connectivity index (χ2v) is 6.91. The van der Waals surface area contributed by atoms with E-state index in [4.69, 9.17) is 4.74 Å². The minimum Gasteiger partial charge on any atom is -0.459 e. The topological polar surface area (TPSA) is 42.9 Å². The lowest BCUT2D eigenvalue weighted by Crippen LogP contribution is -2.86. The Morgan fingerprint density at radius 2 is 1.79 bits per heavy atom. The fourth-order valence-electron chi connectivity index (χ4n) is 3.67. The normalized spacial score (nSPS) is 22.6. The molecule has 3 heteroatoms. The van der Waals surface area contributed by atoms with Crippen molar-refractivity contribution in [3.63, 3.8) is 0 Å². The van der Waals surface area contributed by atoms with E-state index in [1.54, 1.807) is 0 Å². The summed E-state index contributed by atoms with van der Waals surface area (Å²) in [6, 6.07) is 0. The first-order valence-electron chi connectivity index (χ1n) is 8.11. The molecule has 1 aliphatic carbocycles. The van der Waals surface area contributed by atoms with Crippen molar-refractivity contribution in [3.8, 4) is 0 Å². The molecular formula is C16H30NO2+. The molecular weight excluding hydrogens is 238 g/mol. The van der Waals surface area contributed by atoms with Gasteiger partial charge in [0.25, 0.3) is 0 Å². The highest BCUT2D eigenvalue weighted by molar-refractivity contribution is 5.69. The Labute approximate surface area is 117 Å². The molecule has 0 aromatic heterocycles. The van der Waals surface area contributed by atoms with Gasteiger partial charge in [-0.3, -0.25) is 4.79 Å². The molecule has 2 fully saturated rings. The molecule has 19 heavy (non-hydrogen) atoms. The number of rotatable bonds is 5. The maximum atomic E-state index is 12.0. The van der Waals surface area contributed by atoms with Crippen LogP contribution in [-0.2, 0) is 9.53 Å². The highest BCUT2D eigenvalue weighted by atomic mass is 16.6. The third-order valence-electron chi connectivity index (χ3n) is 5.03. The Morgan fingerprint density at radius 1 is 1.16 bits per heavy atom. The van der Waals surface area contributed by atoms with Gasteiger partial charge in [-0.2, -0.15) is 0 Å². The fourth-order valence-corrected chi connectivity index (χ4v) is 3.67. The number of hydrogen-bond acceptors (Lipinski definition) is 2. The molecule has 1 aliphatic heterocycles. The molecule has 0 aromatic rings. The Balaban J connectivity index is 1.72. The summed E-state index contributed by atoms with van der Waals surface area (Å²) in [5.41, 5.74) is -0.277. The molecule has 110 valence electrons. The standard InChI is InChI=1S/C16H29NO2/c1-16(2,14-9-11-17-12-10-14)19-15(18)8-7-13-5-3-4-6-13/h13-14,17H,3-12H2,1-2H3/p+1. The summed E-state index contributed by atoms with van der Waals surface area (Å²) in [6.07, 6.45) is 9.32. The molecule has 2 rings (SSSR count). The van der Waals surface area contributed by atoms with Gasteiger partial charge in [0.2, 0.25) is 0 Å². The van der Waals surface area contributed by atoms with Gasteiger partial charge in [0.1, 0.15) is 5.60 Å². The van der Waals surface area contributed by atoms with Crippen molar-refractivity contribution in [1.82, 2.24) is 0 Å². The summed E-state index contributed by atoms with van der Waals surface area (Å²) in [4.78, 5) is 12.0. The first-order chi connectivity index (χ1) is 9.08. The molecule has 0 unspecified atom stereocenters. The van der Waals surface area contributed by atoms with Crippen molar-refractivity contribution in [2.75, 3.05) is 13.1 Å². The minimum absolute atomic E-state index is 0.0199. The van der Waals surface area contributed by atoms with Gasteiger partial charge in [-0.25, -0.2) is 0 Å². The summed E-state index contributed by atoms with van der Waals surface area (Å²) >= 11 is 0. The summed E-state index contributed by atoms with van der Waals surface area (Å²) in [7, 11) is 0. The monoisotopic (exact) mass is 268 g/mol. The molecule has 1 saturated carbocycles. The number of quaternary nitrogens is 1. The molecule has 0 radical (unpaired) electrons. The van der Waals surface area contributed by atoms with E-state index < -0.39 is 0 Å². The lowest BCUT2D eigenvalue weighted by atomic mass is 9.83. The molecule has 0 aromatic carbocycles. The van der Waals surface area contributed by atoms with Gasteiger partial charge in [-0.1, -0.05) is 25.7 Å². The van der Waals surface area contributed by atoms with Crippen molar-refractivity contribution < 1.29 is 14.8 Å². The van der Waals surface area contributed by atoms with Gasteiger partial charge < -0.3 is 10.1 Å². The molecule has 0 amide bonds. The predicted molar refractivity (Wildman–Crippen MR) is 75.7 cm³/mol. The molecule has 0 bridgehead atoms. The van der Waals surface area contributed by atoms with Crippen LogP contribution in [0.5, 0.6) is 0 Å². The predicted octanol–water partition coefficient (Wildman–Crippen LogP) is 2.25. The van der Waals surface area contributed by atoms with Crippen LogP contribution in [0.4, 0.5) is 0 Å². The third kappa shape index (κ3) is 4.48. The molecule has 1 heterocycles. The van der Waals surface area contributed by atoms with Crippen LogP contribution in [0.1, 0.15) is 65.2 Å². The Hall–Kier alpha value is -0.570. The maximum Gasteiger partial charge on any atom is 0.306 e. The zero-order valence-corrected chi connectivity index (χ0v) is 12.6. The summed E-state index contributed by atoms with van der Waals surface area (Å²) in [6.45, 7) is 6.54. The van der Waals surface area contributed by atoms with E-state index in [9.17, 15) is 4.79 Å². The summed E-state index contributed by atoms with van der Waals surface area (Å²) < 4.78 is 5.78. The minimum atomic E-state index is -0.277. The zero-order chi connectivity index (χ0) is 13.7. The van der Waals surface area contributed by atoms with Gasteiger partial charge in [0.15, 0.2) is 0 Å². The summed E-state index contributed by atoms with van der Waals surface area (Å²) in [5.74, 6) is 1.33. The van der Waals surface area contributed by atoms with Crippen LogP contribution in [-0.4, -0.2) is 24.7 Å². The van der Waals surface area contributed by atoms with Crippen molar-refractivity contribution >= 4 is 5.97 Å². The van der Waals surface area contributed by atoms with Crippen molar-refractivity contribution in [3.05, 3.63) is 0 Å². The highest BCUT2D eigenvalue weighted by Gasteiger charge is 2.35. The van der Waals surface area contributed by atoms with Crippen molar-refractivity contribution in [1.29, 1.82) is 0 Å². The van der Waals surface area contributed by atoms with E-state index in [1.165, 1.54) is 51.6 Å². The number of ether oxygens (including phenoxy) is 1. The first-order valence-corrected chi connectivity index (χ1v) is 8.11. The molecule has 2 N–H and O–H groups in total. The lowest BCUT2D eigenvalue weighted by Gasteiger charge is -2.35. The molecule has 0 spiro atoms. The fraction of sp³-hybridized carbons (Fsp3) is 0.938. The maximum absolute atomic E-state index is 12.0. The van der Waals surface area contributed by atoms with E-state index in [1.807, 2.05) is 0 Å². The quantitative estimate of drug-likeness (QED) is 0.777. The Bertz CT molecular complexity index is 289. The molecule has 0 atom stereocenters. The van der Waals surface area contributed by atoms with Crippen LogP contribution in [0.3, 0.4) is 0 Å². The average Bonchev–Trinajstić information content (AvgIpc) is 2.90. The van der Waals surface area contributed by atoms with E-state index in [0.717, 1.165) is 12.3 Å². The number of hydrogen-bond donors (Lipinski definition) is 1. The second kappa shape index (κ2) is 6.74. The largest absolute Gasteiger partial charge is 0.459 e. The SMILES string of the molecule is CC(C)(OC(=O)CCC1CCCC1)C1CC[NH2+]CC1. The van der Waals surface area contributed by atoms with Crippen molar-refractivity contribution in [2.45, 2.75) is 70.8 Å². The van der Waals surface area contributed by atoms with Gasteiger partial charge in [-0.05, 0) is 26.2 Å². The van der Waals surface area contributed by atoms with Crippen LogP contribution in [0.25, 0.3) is 0 Å². The molecule has 2 aliphatic rings. The number of carbonyl (C=O) groups is 1. The highest BCUT2D eigenvalue weighted by Crippen LogP contribution is 2.31. The number of carbonyl (C=O) groups excluding carboxylic acids is 1. The van der Waals surface area contributed by atoms with E-state index in [0.29, 0.717) is 12.3 Å². The lowest BCUT2D eigenvalue weighted by molar-refractivity contribution is -0.665. The summed E-state index contributed by atoms with van der Waals surface area (Å²) in [5, 5.41) is 2.36. The molecule has 1 saturated heterocycles. The van der Waals surface area contributed by atoms with Crippen LogP contribution in [0.2, 0.25) is 0 Å². The van der Waals surface area contributed by atoms with Crippen LogP contribution in [0.15, 0.2) is 0 Å². The van der Waals surface area contributed by atoms with E-state index in [2.05, 4.69) is 19.2 Å². The number of nitrogens with two attached hydrogens (primary N) is 1. The Kier molecular flexibility index (Phi) is 5.26. The molecule has 3 nitrogen and oxygen atoms in total. The average molecular weight is 268 g/mol. The van der Waals surface area contributed by atoms with Gasteiger partial charge in [0, 0.05) is 25.2 Å². The third-order valence-corrected chi connectivity index (χ3v) is 5.03. The van der Waals surface area contributed by atoms with Crippen LogP contribution in [0, 0.1) is 11.8 Å². The van der Waals surface area contributed by atoms with Gasteiger partial charge in [0.05, 0.1) is 13.1 Å². The second-order valence-electron chi connectivity index (χ2n) is 6.91. The number of piperidine rings is 1. The van der Waals surface area contributed by atoms with Crippen LogP contribution < -0.4 is 5.32 Å². The smallest absolute Gasteiger partial charge is 0.306 e. The zero-order valence-electron chi connectivity index (χ0n) is 12.6. The number of esters is 1. The van der Waals surface area contributed by atoms with Gasteiger partial charge in [-0.15, -0.1) is 0 Å². The van der Waals surface area contributed by atoms with Gasteiger partial charge >= 0.3 is 5.97 Å². The van der Waals surface area contributed by atoms with Crippen molar-refractivity contribution in [2.24, 2.45) is 11.8 Å². The first kappa shape index (κ1) is 14.8.